The minimum absolute atomic E-state index is 0.165. The predicted molar refractivity (Wildman–Crippen MR) is 79.2 cm³/mol. The molecule has 6 heteroatoms. The summed E-state index contributed by atoms with van der Waals surface area (Å²) in [5, 5.41) is 0.563. The van der Waals surface area contributed by atoms with E-state index >= 15 is 0 Å². The summed E-state index contributed by atoms with van der Waals surface area (Å²) in [4.78, 5) is 0.362. The summed E-state index contributed by atoms with van der Waals surface area (Å²) in [6.07, 6.45) is 3.11. The lowest BCUT2D eigenvalue weighted by Gasteiger charge is -2.44. The number of nitrogens with zero attached hydrogens (tertiary/aromatic N) is 1. The van der Waals surface area contributed by atoms with Gasteiger partial charge in [0.2, 0.25) is 10.0 Å². The monoisotopic (exact) mass is 317 g/mol. The molecule has 2 atom stereocenters. The summed E-state index contributed by atoms with van der Waals surface area (Å²) >= 11 is 7.71. The SMILES string of the molecule is O=S(=O)(c1ccc(Cl)cc1)N1[C@H]2CCC[C@H]1CSC2. The highest BCUT2D eigenvalue weighted by Crippen LogP contribution is 2.36. The molecule has 3 rings (SSSR count). The number of hydrogen-bond acceptors (Lipinski definition) is 3. The van der Waals surface area contributed by atoms with Gasteiger partial charge in [0.05, 0.1) is 4.90 Å². The van der Waals surface area contributed by atoms with Crippen LogP contribution in [0.15, 0.2) is 29.2 Å². The molecule has 2 aliphatic heterocycles. The van der Waals surface area contributed by atoms with E-state index in [2.05, 4.69) is 0 Å². The maximum atomic E-state index is 12.8. The Labute approximate surface area is 123 Å². The van der Waals surface area contributed by atoms with Crippen molar-refractivity contribution in [2.45, 2.75) is 36.2 Å². The second-order valence-corrected chi connectivity index (χ2v) is 8.42. The van der Waals surface area contributed by atoms with E-state index in [0.29, 0.717) is 9.92 Å². The van der Waals surface area contributed by atoms with Gasteiger partial charge in [-0.05, 0) is 37.1 Å². The van der Waals surface area contributed by atoms with E-state index < -0.39 is 10.0 Å². The Morgan fingerprint density at radius 1 is 1.11 bits per heavy atom. The normalized spacial score (nSPS) is 28.3. The number of benzene rings is 1. The Morgan fingerprint density at radius 3 is 2.26 bits per heavy atom. The van der Waals surface area contributed by atoms with Crippen LogP contribution in [0.25, 0.3) is 0 Å². The van der Waals surface area contributed by atoms with Crippen molar-refractivity contribution in [2.24, 2.45) is 0 Å². The Morgan fingerprint density at radius 2 is 1.68 bits per heavy atom. The van der Waals surface area contributed by atoms with Crippen LogP contribution in [0.3, 0.4) is 0 Å². The summed E-state index contributed by atoms with van der Waals surface area (Å²) in [5.74, 6) is 1.84. The van der Waals surface area contributed by atoms with Crippen LogP contribution in [0, 0.1) is 0 Å². The van der Waals surface area contributed by atoms with Crippen molar-refractivity contribution < 1.29 is 8.42 Å². The van der Waals surface area contributed by atoms with E-state index in [4.69, 9.17) is 11.6 Å². The molecule has 0 spiro atoms. The first kappa shape index (κ1) is 13.7. The Balaban J connectivity index is 1.97. The summed E-state index contributed by atoms with van der Waals surface area (Å²) in [7, 11) is -3.38. The highest BCUT2D eigenvalue weighted by atomic mass is 35.5. The minimum atomic E-state index is -3.38. The average molecular weight is 318 g/mol. The van der Waals surface area contributed by atoms with Crippen molar-refractivity contribution in [2.75, 3.05) is 11.5 Å². The standard InChI is InChI=1S/C13H16ClNO2S2/c14-10-4-6-13(7-5-10)19(16,17)15-11-2-1-3-12(15)9-18-8-11/h4-7,11-12H,1-3,8-9H2/t11-,12-/m0/s1. The summed E-state index contributed by atoms with van der Waals surface area (Å²) in [6.45, 7) is 0. The van der Waals surface area contributed by atoms with Crippen LogP contribution < -0.4 is 0 Å². The fourth-order valence-electron chi connectivity index (χ4n) is 2.92. The highest BCUT2D eigenvalue weighted by molar-refractivity contribution is 7.99. The summed E-state index contributed by atoms with van der Waals surface area (Å²) < 4.78 is 27.3. The minimum Gasteiger partial charge on any atom is -0.207 e. The van der Waals surface area contributed by atoms with Gasteiger partial charge in [-0.25, -0.2) is 8.42 Å². The van der Waals surface area contributed by atoms with Gasteiger partial charge in [-0.3, -0.25) is 0 Å². The molecule has 0 N–H and O–H groups in total. The van der Waals surface area contributed by atoms with Gasteiger partial charge in [-0.2, -0.15) is 16.1 Å². The zero-order chi connectivity index (χ0) is 13.5. The van der Waals surface area contributed by atoms with Crippen LogP contribution in [-0.4, -0.2) is 36.3 Å². The van der Waals surface area contributed by atoms with Crippen LogP contribution in [0.1, 0.15) is 19.3 Å². The van der Waals surface area contributed by atoms with Gasteiger partial charge in [0.25, 0.3) is 0 Å². The van der Waals surface area contributed by atoms with Gasteiger partial charge < -0.3 is 0 Å². The molecule has 1 aromatic carbocycles. The predicted octanol–water partition coefficient (Wildman–Crippen LogP) is 3.00. The van der Waals surface area contributed by atoms with Crippen molar-refractivity contribution in [1.82, 2.24) is 4.31 Å². The average Bonchev–Trinajstić information content (AvgIpc) is 2.38. The first-order valence-corrected chi connectivity index (χ1v) is 9.43. The molecular weight excluding hydrogens is 302 g/mol. The van der Waals surface area contributed by atoms with Crippen LogP contribution in [0.4, 0.5) is 0 Å². The Kier molecular flexibility index (Phi) is 3.82. The molecule has 0 saturated carbocycles. The second-order valence-electron chi connectivity index (χ2n) is 5.06. The lowest BCUT2D eigenvalue weighted by atomic mass is 10.0. The van der Waals surface area contributed by atoms with Crippen LogP contribution >= 0.6 is 23.4 Å². The van der Waals surface area contributed by atoms with Crippen molar-refractivity contribution in [3.63, 3.8) is 0 Å². The molecule has 0 amide bonds. The third-order valence-electron chi connectivity index (χ3n) is 3.80. The number of halogens is 1. The van der Waals surface area contributed by atoms with Gasteiger partial charge in [0.15, 0.2) is 0 Å². The van der Waals surface area contributed by atoms with Gasteiger partial charge in [0, 0.05) is 28.6 Å². The van der Waals surface area contributed by atoms with Crippen LogP contribution in [-0.2, 0) is 10.0 Å². The fourth-order valence-corrected chi connectivity index (χ4v) is 6.43. The van der Waals surface area contributed by atoms with Crippen molar-refractivity contribution in [1.29, 1.82) is 0 Å². The maximum absolute atomic E-state index is 12.8. The molecule has 0 radical (unpaired) electrons. The Hall–Kier alpha value is -0.230. The summed E-state index contributed by atoms with van der Waals surface area (Å²) in [6, 6.07) is 6.83. The number of rotatable bonds is 2. The Bertz CT molecular complexity index is 537. The van der Waals surface area contributed by atoms with Crippen molar-refractivity contribution in [3.8, 4) is 0 Å². The van der Waals surface area contributed by atoms with Gasteiger partial charge in [-0.15, -0.1) is 0 Å². The third-order valence-corrected chi connectivity index (χ3v) is 7.32. The number of thioether (sulfide) groups is 1. The number of fused-ring (bicyclic) bond motifs is 2. The first-order valence-electron chi connectivity index (χ1n) is 6.46. The molecule has 0 aliphatic carbocycles. The van der Waals surface area contributed by atoms with Crippen LogP contribution in [0.5, 0.6) is 0 Å². The van der Waals surface area contributed by atoms with Gasteiger partial charge >= 0.3 is 0 Å². The zero-order valence-corrected chi connectivity index (χ0v) is 12.8. The molecule has 1 aromatic rings. The van der Waals surface area contributed by atoms with E-state index in [1.165, 1.54) is 0 Å². The van der Waals surface area contributed by atoms with Crippen LogP contribution in [0.2, 0.25) is 5.02 Å². The van der Waals surface area contributed by atoms with Gasteiger partial charge in [0.1, 0.15) is 0 Å². The van der Waals surface area contributed by atoms with Crippen molar-refractivity contribution in [3.05, 3.63) is 29.3 Å². The zero-order valence-electron chi connectivity index (χ0n) is 10.5. The molecule has 2 saturated heterocycles. The lowest BCUT2D eigenvalue weighted by molar-refractivity contribution is 0.203. The third kappa shape index (κ3) is 2.53. The van der Waals surface area contributed by atoms with E-state index in [-0.39, 0.29) is 12.1 Å². The molecule has 0 aromatic heterocycles. The second kappa shape index (κ2) is 5.28. The molecule has 2 fully saturated rings. The van der Waals surface area contributed by atoms with Gasteiger partial charge in [-0.1, -0.05) is 18.0 Å². The molecule has 19 heavy (non-hydrogen) atoms. The molecule has 2 heterocycles. The lowest BCUT2D eigenvalue weighted by Crippen LogP contribution is -2.54. The summed E-state index contributed by atoms with van der Waals surface area (Å²) in [5.41, 5.74) is 0. The molecule has 2 aliphatic rings. The number of piperidine rings is 1. The van der Waals surface area contributed by atoms with E-state index in [1.54, 1.807) is 28.6 Å². The van der Waals surface area contributed by atoms with E-state index in [0.717, 1.165) is 30.8 Å². The van der Waals surface area contributed by atoms with Crippen molar-refractivity contribution >= 4 is 33.4 Å². The first-order chi connectivity index (χ1) is 9.09. The quantitative estimate of drug-likeness (QED) is 0.841. The number of hydrogen-bond donors (Lipinski definition) is 0. The topological polar surface area (TPSA) is 37.4 Å². The molecule has 0 unspecified atom stereocenters. The van der Waals surface area contributed by atoms with E-state index in [1.807, 2.05) is 11.8 Å². The largest absolute Gasteiger partial charge is 0.243 e. The fraction of sp³-hybridized carbons (Fsp3) is 0.538. The number of sulfonamides is 1. The maximum Gasteiger partial charge on any atom is 0.243 e. The smallest absolute Gasteiger partial charge is 0.207 e. The molecule has 3 nitrogen and oxygen atoms in total. The molecular formula is C13H16ClNO2S2. The highest BCUT2D eigenvalue weighted by Gasteiger charge is 2.42. The molecule has 2 bridgehead atoms. The van der Waals surface area contributed by atoms with E-state index in [9.17, 15) is 8.42 Å². The molecule has 104 valence electrons.